The van der Waals surface area contributed by atoms with Gasteiger partial charge >= 0.3 is 0 Å². The fourth-order valence-corrected chi connectivity index (χ4v) is 4.18. The average Bonchev–Trinajstić information content (AvgIpc) is 3.30. The first-order valence-electron chi connectivity index (χ1n) is 9.62. The van der Waals surface area contributed by atoms with Crippen LogP contribution in [-0.2, 0) is 13.1 Å². The lowest BCUT2D eigenvalue weighted by atomic mass is 10.1. The number of nitrogens with zero attached hydrogens (tertiary/aromatic N) is 3. The smallest absolute Gasteiger partial charge is 0.117 e. The summed E-state index contributed by atoms with van der Waals surface area (Å²) in [4.78, 5) is 7.85. The Morgan fingerprint density at radius 3 is 2.40 bits per heavy atom. The molecule has 2 fully saturated rings. The summed E-state index contributed by atoms with van der Waals surface area (Å²) in [5, 5.41) is 0. The van der Waals surface area contributed by atoms with E-state index < -0.39 is 0 Å². The van der Waals surface area contributed by atoms with Gasteiger partial charge in [-0.15, -0.1) is 0 Å². The van der Waals surface area contributed by atoms with Gasteiger partial charge in [-0.1, -0.05) is 30.3 Å². The zero-order valence-electron chi connectivity index (χ0n) is 15.0. The van der Waals surface area contributed by atoms with Crippen molar-refractivity contribution in [3.05, 3.63) is 60.1 Å². The number of piperazine rings is 1. The van der Waals surface area contributed by atoms with Gasteiger partial charge in [0.2, 0.25) is 0 Å². The third-order valence-corrected chi connectivity index (χ3v) is 5.62. The van der Waals surface area contributed by atoms with E-state index in [-0.39, 0.29) is 0 Å². The molecular weight excluding hydrogens is 310 g/mol. The molecule has 0 N–H and O–H groups in total. The van der Waals surface area contributed by atoms with Crippen LogP contribution in [0.1, 0.15) is 24.2 Å². The molecule has 134 valence electrons. The van der Waals surface area contributed by atoms with E-state index in [2.05, 4.69) is 51.1 Å². The third-order valence-electron chi connectivity index (χ3n) is 5.62. The Balaban J connectivity index is 1.25. The lowest BCUT2D eigenvalue weighted by molar-refractivity contribution is 0.0939. The summed E-state index contributed by atoms with van der Waals surface area (Å²) in [7, 11) is 0. The van der Waals surface area contributed by atoms with Gasteiger partial charge in [-0.25, -0.2) is 0 Å². The normalized spacial score (nSPS) is 23.3. The van der Waals surface area contributed by atoms with Crippen molar-refractivity contribution in [2.45, 2.75) is 32.0 Å². The third kappa shape index (κ3) is 4.51. The van der Waals surface area contributed by atoms with E-state index in [9.17, 15) is 0 Å². The van der Waals surface area contributed by atoms with Crippen molar-refractivity contribution >= 4 is 0 Å². The summed E-state index contributed by atoms with van der Waals surface area (Å²) >= 11 is 0. The molecule has 2 saturated heterocycles. The number of furan rings is 1. The minimum Gasteiger partial charge on any atom is -0.468 e. The molecule has 0 radical (unpaired) electrons. The second-order valence-electron chi connectivity index (χ2n) is 7.41. The van der Waals surface area contributed by atoms with Crippen LogP contribution >= 0.6 is 0 Å². The molecule has 2 aliphatic heterocycles. The zero-order chi connectivity index (χ0) is 16.9. The molecule has 0 aliphatic carbocycles. The average molecular weight is 339 g/mol. The van der Waals surface area contributed by atoms with E-state index in [1.54, 1.807) is 6.26 Å². The molecule has 0 spiro atoms. The molecule has 2 aliphatic rings. The van der Waals surface area contributed by atoms with Crippen LogP contribution in [0.3, 0.4) is 0 Å². The Bertz CT molecular complexity index is 620. The predicted octanol–water partition coefficient (Wildman–Crippen LogP) is 3.06. The quantitative estimate of drug-likeness (QED) is 0.807. The lowest BCUT2D eigenvalue weighted by Crippen LogP contribution is -2.49. The fourth-order valence-electron chi connectivity index (χ4n) is 4.18. The van der Waals surface area contributed by atoms with E-state index >= 15 is 0 Å². The van der Waals surface area contributed by atoms with Crippen LogP contribution in [0.5, 0.6) is 0 Å². The summed E-state index contributed by atoms with van der Waals surface area (Å²) in [6, 6.07) is 15.7. The van der Waals surface area contributed by atoms with Gasteiger partial charge in [-0.2, -0.15) is 0 Å². The monoisotopic (exact) mass is 339 g/mol. The van der Waals surface area contributed by atoms with Crippen LogP contribution in [0.15, 0.2) is 53.1 Å². The molecule has 2 aromatic rings. The lowest BCUT2D eigenvalue weighted by Gasteiger charge is -2.37. The van der Waals surface area contributed by atoms with Crippen LogP contribution in [0, 0.1) is 0 Å². The number of benzene rings is 1. The molecule has 25 heavy (non-hydrogen) atoms. The summed E-state index contributed by atoms with van der Waals surface area (Å²) in [6.45, 7) is 9.17. The minimum absolute atomic E-state index is 0.719. The first-order chi connectivity index (χ1) is 12.4. The molecule has 3 heterocycles. The molecular formula is C21H29N3O. The Morgan fingerprint density at radius 1 is 0.840 bits per heavy atom. The summed E-state index contributed by atoms with van der Waals surface area (Å²) in [6.07, 6.45) is 4.46. The maximum absolute atomic E-state index is 5.48. The number of likely N-dealkylation sites (tertiary alicyclic amines) is 1. The Labute approximate surface area is 151 Å². The van der Waals surface area contributed by atoms with Gasteiger partial charge in [0.15, 0.2) is 0 Å². The van der Waals surface area contributed by atoms with E-state index in [1.165, 1.54) is 44.6 Å². The van der Waals surface area contributed by atoms with E-state index in [1.807, 2.05) is 6.07 Å². The summed E-state index contributed by atoms with van der Waals surface area (Å²) < 4.78 is 5.48. The number of hydrogen-bond donors (Lipinski definition) is 0. The number of hydrogen-bond acceptors (Lipinski definition) is 4. The van der Waals surface area contributed by atoms with Crippen LogP contribution in [0.4, 0.5) is 0 Å². The molecule has 0 unspecified atom stereocenters. The van der Waals surface area contributed by atoms with E-state index in [4.69, 9.17) is 4.42 Å². The largest absolute Gasteiger partial charge is 0.468 e. The maximum Gasteiger partial charge on any atom is 0.117 e. The second kappa shape index (κ2) is 8.17. The molecule has 1 aromatic carbocycles. The predicted molar refractivity (Wildman–Crippen MR) is 100 cm³/mol. The molecule has 4 heteroatoms. The highest BCUT2D eigenvalue weighted by molar-refractivity contribution is 5.14. The molecule has 1 atom stereocenters. The van der Waals surface area contributed by atoms with Crippen molar-refractivity contribution in [3.63, 3.8) is 0 Å². The topological polar surface area (TPSA) is 22.9 Å². The summed E-state index contributed by atoms with van der Waals surface area (Å²) in [5.74, 6) is 1.08. The van der Waals surface area contributed by atoms with Crippen molar-refractivity contribution in [2.75, 3.05) is 39.3 Å². The Hall–Kier alpha value is -1.62. The van der Waals surface area contributed by atoms with Crippen molar-refractivity contribution in [1.29, 1.82) is 0 Å². The minimum atomic E-state index is 0.719. The molecule has 0 amide bonds. The molecule has 4 rings (SSSR count). The van der Waals surface area contributed by atoms with Crippen LogP contribution in [0.25, 0.3) is 0 Å². The van der Waals surface area contributed by atoms with Gasteiger partial charge in [0.1, 0.15) is 5.76 Å². The van der Waals surface area contributed by atoms with Gasteiger partial charge in [-0.3, -0.25) is 14.7 Å². The number of rotatable bonds is 6. The van der Waals surface area contributed by atoms with Gasteiger partial charge in [0.25, 0.3) is 0 Å². The van der Waals surface area contributed by atoms with Gasteiger partial charge < -0.3 is 4.42 Å². The molecule has 0 saturated carbocycles. The van der Waals surface area contributed by atoms with Crippen molar-refractivity contribution in [1.82, 2.24) is 14.7 Å². The van der Waals surface area contributed by atoms with E-state index in [0.29, 0.717) is 0 Å². The highest BCUT2D eigenvalue weighted by Crippen LogP contribution is 2.21. The van der Waals surface area contributed by atoms with Gasteiger partial charge in [-0.05, 0) is 37.1 Å². The molecule has 1 aromatic heterocycles. The first-order valence-corrected chi connectivity index (χ1v) is 9.62. The molecule has 4 nitrogen and oxygen atoms in total. The summed E-state index contributed by atoms with van der Waals surface area (Å²) in [5.41, 5.74) is 1.44. The highest BCUT2D eigenvalue weighted by atomic mass is 16.3. The van der Waals surface area contributed by atoms with Crippen LogP contribution in [-0.4, -0.2) is 60.0 Å². The standard InChI is InChI=1S/C21H29N3O/c1-2-6-19(7-3-1)16-24-10-4-8-20(24)17-22-11-13-23(14-12-22)18-21-9-5-15-25-21/h1-3,5-7,9,15,20H,4,8,10-14,16-18H2/t20-/m1/s1. The van der Waals surface area contributed by atoms with Crippen molar-refractivity contribution in [3.8, 4) is 0 Å². The highest BCUT2D eigenvalue weighted by Gasteiger charge is 2.28. The van der Waals surface area contributed by atoms with Gasteiger partial charge in [0, 0.05) is 45.3 Å². The Kier molecular flexibility index (Phi) is 5.50. The first kappa shape index (κ1) is 16.8. The molecule has 0 bridgehead atoms. The van der Waals surface area contributed by atoms with Crippen molar-refractivity contribution in [2.24, 2.45) is 0 Å². The van der Waals surface area contributed by atoms with Crippen LogP contribution in [0.2, 0.25) is 0 Å². The Morgan fingerprint density at radius 2 is 1.64 bits per heavy atom. The fraction of sp³-hybridized carbons (Fsp3) is 0.524. The maximum atomic E-state index is 5.48. The van der Waals surface area contributed by atoms with Gasteiger partial charge in [0.05, 0.1) is 12.8 Å². The van der Waals surface area contributed by atoms with E-state index in [0.717, 1.165) is 38.0 Å². The van der Waals surface area contributed by atoms with Crippen molar-refractivity contribution < 1.29 is 4.42 Å². The SMILES string of the molecule is c1ccc(CN2CCC[C@@H]2CN2CCN(Cc3ccco3)CC2)cc1. The van der Waals surface area contributed by atoms with Crippen LogP contribution < -0.4 is 0 Å². The second-order valence-corrected chi connectivity index (χ2v) is 7.41. The zero-order valence-corrected chi connectivity index (χ0v) is 15.0.